The van der Waals surface area contributed by atoms with E-state index in [2.05, 4.69) is 48.5 Å². The second-order valence-corrected chi connectivity index (χ2v) is 10.3. The molecule has 0 amide bonds. The van der Waals surface area contributed by atoms with Gasteiger partial charge in [-0.25, -0.2) is 0 Å². The molecule has 0 heterocycles. The lowest BCUT2D eigenvalue weighted by atomic mass is 9.94. The summed E-state index contributed by atoms with van der Waals surface area (Å²) in [5, 5.41) is 0.167. The molecule has 0 bridgehead atoms. The van der Waals surface area contributed by atoms with Crippen LogP contribution in [0, 0.1) is 5.92 Å². The molecule has 0 radical (unpaired) electrons. The molecule has 0 aromatic carbocycles. The van der Waals surface area contributed by atoms with Crippen molar-refractivity contribution in [1.82, 2.24) is 0 Å². The molecule has 20 heavy (non-hydrogen) atoms. The minimum atomic E-state index is -2.16. The number of hydrogen-bond acceptors (Lipinski definition) is 2. The van der Waals surface area contributed by atoms with E-state index in [1.165, 1.54) is 32.1 Å². The predicted molar refractivity (Wildman–Crippen MR) is 91.5 cm³/mol. The van der Waals surface area contributed by atoms with Gasteiger partial charge in [0.15, 0.2) is 0 Å². The Labute approximate surface area is 128 Å². The Balaban J connectivity index is 5.07. The van der Waals surface area contributed by atoms with Crippen LogP contribution in [0.25, 0.3) is 0 Å². The molecule has 0 aromatic rings. The van der Waals surface area contributed by atoms with Crippen LogP contribution in [0.15, 0.2) is 0 Å². The van der Waals surface area contributed by atoms with Crippen molar-refractivity contribution in [1.29, 1.82) is 0 Å². The maximum absolute atomic E-state index is 6.35. The fraction of sp³-hybridized carbons (Fsp3) is 1.00. The van der Waals surface area contributed by atoms with Crippen LogP contribution in [0.5, 0.6) is 0 Å². The van der Waals surface area contributed by atoms with E-state index < -0.39 is 8.56 Å². The molecule has 0 aliphatic carbocycles. The van der Waals surface area contributed by atoms with E-state index in [4.69, 9.17) is 8.85 Å². The molecule has 1 atom stereocenters. The topological polar surface area (TPSA) is 18.5 Å². The van der Waals surface area contributed by atoms with Gasteiger partial charge in [-0.2, -0.15) is 0 Å². The van der Waals surface area contributed by atoms with E-state index in [-0.39, 0.29) is 5.04 Å². The van der Waals surface area contributed by atoms with Crippen molar-refractivity contribution in [3.8, 4) is 0 Å². The summed E-state index contributed by atoms with van der Waals surface area (Å²) in [7, 11) is -2.16. The van der Waals surface area contributed by atoms with Crippen molar-refractivity contribution < 1.29 is 8.85 Å². The van der Waals surface area contributed by atoms with Crippen molar-refractivity contribution >= 4 is 8.56 Å². The monoisotopic (exact) mass is 302 g/mol. The van der Waals surface area contributed by atoms with E-state index >= 15 is 0 Å². The summed E-state index contributed by atoms with van der Waals surface area (Å²) in [5.74, 6) is 0.637. The zero-order chi connectivity index (χ0) is 15.6. The van der Waals surface area contributed by atoms with E-state index in [0.29, 0.717) is 5.92 Å². The van der Waals surface area contributed by atoms with Gasteiger partial charge in [0.1, 0.15) is 0 Å². The smallest absolute Gasteiger partial charge is 0.344 e. The Morgan fingerprint density at radius 1 is 0.900 bits per heavy atom. The van der Waals surface area contributed by atoms with Crippen molar-refractivity contribution in [2.24, 2.45) is 5.92 Å². The highest BCUT2D eigenvalue weighted by Crippen LogP contribution is 2.49. The summed E-state index contributed by atoms with van der Waals surface area (Å²) in [6.07, 6.45) is 6.36. The van der Waals surface area contributed by atoms with Crippen LogP contribution in [-0.4, -0.2) is 21.8 Å². The zero-order valence-electron chi connectivity index (χ0n) is 15.1. The van der Waals surface area contributed by atoms with E-state index in [1.807, 2.05) is 0 Å². The summed E-state index contributed by atoms with van der Waals surface area (Å²) < 4.78 is 12.7. The highest BCUT2D eigenvalue weighted by Gasteiger charge is 2.53. The average Bonchev–Trinajstić information content (AvgIpc) is 2.42. The van der Waals surface area contributed by atoms with Crippen LogP contribution in [0.4, 0.5) is 0 Å². The first-order valence-corrected chi connectivity index (χ1v) is 10.7. The highest BCUT2D eigenvalue weighted by atomic mass is 28.4. The Hall–Kier alpha value is 0.137. The highest BCUT2D eigenvalue weighted by molar-refractivity contribution is 6.70. The molecule has 0 rings (SSSR count). The first-order valence-electron chi connectivity index (χ1n) is 8.69. The van der Waals surface area contributed by atoms with Gasteiger partial charge in [-0.3, -0.25) is 0 Å². The standard InChI is InChI=1S/C17H38O2Si/c1-8-12-13-14-15-20(18-10-3,19-11-4)17(6,7)16(5)9-2/h16H,8-15H2,1-7H3. The van der Waals surface area contributed by atoms with Crippen LogP contribution < -0.4 is 0 Å². The Morgan fingerprint density at radius 3 is 1.85 bits per heavy atom. The number of unbranched alkanes of at least 4 members (excludes halogenated alkanes) is 3. The van der Waals surface area contributed by atoms with Crippen molar-refractivity contribution in [3.63, 3.8) is 0 Å². The Kier molecular flexibility index (Phi) is 10.0. The third-order valence-corrected chi connectivity index (χ3v) is 9.92. The molecule has 3 heteroatoms. The maximum Gasteiger partial charge on any atom is 0.344 e. The second kappa shape index (κ2) is 9.96. The molecular formula is C17H38O2Si. The molecule has 2 nitrogen and oxygen atoms in total. The van der Waals surface area contributed by atoms with Crippen molar-refractivity contribution in [2.75, 3.05) is 13.2 Å². The molecule has 0 N–H and O–H groups in total. The first kappa shape index (κ1) is 20.1. The third kappa shape index (κ3) is 5.16. The van der Waals surface area contributed by atoms with Gasteiger partial charge in [-0.1, -0.05) is 66.7 Å². The molecule has 0 aromatic heterocycles. The molecule has 1 unspecified atom stereocenters. The number of rotatable bonds is 12. The molecule has 0 aliphatic heterocycles. The summed E-state index contributed by atoms with van der Waals surface area (Å²) in [6, 6.07) is 1.14. The maximum atomic E-state index is 6.35. The lowest BCUT2D eigenvalue weighted by molar-refractivity contribution is 0.140. The van der Waals surface area contributed by atoms with Gasteiger partial charge in [0.2, 0.25) is 0 Å². The molecule has 0 saturated heterocycles. The largest absolute Gasteiger partial charge is 0.394 e. The van der Waals surface area contributed by atoms with Crippen molar-refractivity contribution in [3.05, 3.63) is 0 Å². The lowest BCUT2D eigenvalue weighted by Gasteiger charge is -2.46. The minimum absolute atomic E-state index is 0.167. The van der Waals surface area contributed by atoms with Gasteiger partial charge in [0.25, 0.3) is 0 Å². The molecule has 0 saturated carbocycles. The van der Waals surface area contributed by atoms with Crippen molar-refractivity contribution in [2.45, 2.75) is 91.7 Å². The predicted octanol–water partition coefficient (Wildman–Crippen LogP) is 5.91. The van der Waals surface area contributed by atoms with Gasteiger partial charge in [-0.15, -0.1) is 0 Å². The normalized spacial score (nSPS) is 14.6. The second-order valence-electron chi connectivity index (χ2n) is 6.46. The zero-order valence-corrected chi connectivity index (χ0v) is 16.1. The third-order valence-electron chi connectivity index (χ3n) is 4.94. The minimum Gasteiger partial charge on any atom is -0.394 e. The van der Waals surface area contributed by atoms with Gasteiger partial charge < -0.3 is 8.85 Å². The van der Waals surface area contributed by atoms with E-state index in [1.54, 1.807) is 0 Å². The van der Waals surface area contributed by atoms with Crippen LogP contribution in [-0.2, 0) is 8.85 Å². The fourth-order valence-corrected chi connectivity index (χ4v) is 7.38. The Morgan fingerprint density at radius 2 is 1.45 bits per heavy atom. The lowest BCUT2D eigenvalue weighted by Crippen LogP contribution is -2.54. The fourth-order valence-electron chi connectivity index (χ4n) is 3.02. The summed E-state index contributed by atoms with van der Waals surface area (Å²) in [5.41, 5.74) is 0. The van der Waals surface area contributed by atoms with E-state index in [9.17, 15) is 0 Å². The Bertz CT molecular complexity index is 235. The molecule has 0 spiro atoms. The average molecular weight is 303 g/mol. The number of hydrogen-bond donors (Lipinski definition) is 0. The van der Waals surface area contributed by atoms with E-state index in [0.717, 1.165) is 19.3 Å². The van der Waals surface area contributed by atoms with Crippen LogP contribution in [0.3, 0.4) is 0 Å². The first-order chi connectivity index (χ1) is 9.41. The van der Waals surface area contributed by atoms with Gasteiger partial charge in [0, 0.05) is 18.3 Å². The van der Waals surface area contributed by atoms with Gasteiger partial charge in [0.05, 0.1) is 0 Å². The van der Waals surface area contributed by atoms with Crippen LogP contribution in [0.1, 0.15) is 80.6 Å². The van der Waals surface area contributed by atoms with Gasteiger partial charge in [-0.05, 0) is 25.8 Å². The molecule has 0 fully saturated rings. The molecule has 122 valence electrons. The summed E-state index contributed by atoms with van der Waals surface area (Å²) in [6.45, 7) is 17.4. The molecule has 0 aliphatic rings. The van der Waals surface area contributed by atoms with Crippen LogP contribution >= 0.6 is 0 Å². The quantitative estimate of drug-likeness (QED) is 0.329. The SMILES string of the molecule is CCCCCC[Si](OCC)(OCC)C(C)(C)C(C)CC. The summed E-state index contributed by atoms with van der Waals surface area (Å²) in [4.78, 5) is 0. The van der Waals surface area contributed by atoms with Gasteiger partial charge >= 0.3 is 8.56 Å². The van der Waals surface area contributed by atoms with Crippen LogP contribution in [0.2, 0.25) is 11.1 Å². The summed E-state index contributed by atoms with van der Waals surface area (Å²) >= 11 is 0. The molecular weight excluding hydrogens is 264 g/mol.